The molecular weight excluding hydrogens is 328 g/mol. The van der Waals surface area contributed by atoms with Gasteiger partial charge in [0.05, 0.1) is 23.0 Å². The minimum atomic E-state index is -2.77. The van der Waals surface area contributed by atoms with Crippen LogP contribution in [0.1, 0.15) is 30.4 Å². The van der Waals surface area contributed by atoms with E-state index in [9.17, 15) is 13.6 Å². The molecular formula is C14H18ClF2N5O. The van der Waals surface area contributed by atoms with Crippen molar-refractivity contribution in [1.82, 2.24) is 24.5 Å². The van der Waals surface area contributed by atoms with Gasteiger partial charge in [-0.2, -0.15) is 10.2 Å². The first kappa shape index (κ1) is 17.4. The Morgan fingerprint density at radius 2 is 2.13 bits per heavy atom. The van der Waals surface area contributed by atoms with Gasteiger partial charge in [0.15, 0.2) is 0 Å². The molecule has 0 aliphatic rings. The van der Waals surface area contributed by atoms with Crippen molar-refractivity contribution >= 4 is 17.5 Å². The Morgan fingerprint density at radius 1 is 1.43 bits per heavy atom. The lowest BCUT2D eigenvalue weighted by Crippen LogP contribution is -2.31. The molecule has 2 rings (SSSR count). The number of carbonyl (C=O) groups excluding carboxylic acids is 1. The Hall–Kier alpha value is -1.96. The third kappa shape index (κ3) is 3.69. The maximum absolute atomic E-state index is 12.8. The SMILES string of the molecule is CCn1nccc1CN(C)C(=O)Cn1nc(C(F)F)c(Cl)c1C. The number of nitrogens with zero attached hydrogens (tertiary/aromatic N) is 5. The number of alkyl halides is 2. The summed E-state index contributed by atoms with van der Waals surface area (Å²) in [4.78, 5) is 13.8. The van der Waals surface area contributed by atoms with Gasteiger partial charge in [-0.25, -0.2) is 8.78 Å². The highest BCUT2D eigenvalue weighted by molar-refractivity contribution is 6.31. The lowest BCUT2D eigenvalue weighted by atomic mass is 10.3. The third-order valence-electron chi connectivity index (χ3n) is 3.58. The molecule has 0 atom stereocenters. The zero-order valence-electron chi connectivity index (χ0n) is 13.1. The van der Waals surface area contributed by atoms with Gasteiger partial charge in [-0.15, -0.1) is 0 Å². The van der Waals surface area contributed by atoms with Crippen molar-refractivity contribution in [2.45, 2.75) is 39.9 Å². The van der Waals surface area contributed by atoms with Crippen LogP contribution in [0.2, 0.25) is 5.02 Å². The predicted octanol–water partition coefficient (Wildman–Crippen LogP) is 2.66. The Morgan fingerprint density at radius 3 is 2.70 bits per heavy atom. The summed E-state index contributed by atoms with van der Waals surface area (Å²) in [7, 11) is 1.64. The number of amides is 1. The van der Waals surface area contributed by atoms with Crippen molar-refractivity contribution < 1.29 is 13.6 Å². The number of rotatable bonds is 6. The van der Waals surface area contributed by atoms with Gasteiger partial charge >= 0.3 is 0 Å². The number of aryl methyl sites for hydroxylation is 1. The molecule has 2 heterocycles. The van der Waals surface area contributed by atoms with Crippen LogP contribution in [0.25, 0.3) is 0 Å². The maximum Gasteiger partial charge on any atom is 0.283 e. The van der Waals surface area contributed by atoms with Gasteiger partial charge < -0.3 is 4.90 Å². The van der Waals surface area contributed by atoms with E-state index < -0.39 is 12.1 Å². The smallest absolute Gasteiger partial charge is 0.283 e. The molecule has 6 nitrogen and oxygen atoms in total. The first-order chi connectivity index (χ1) is 10.8. The molecule has 0 spiro atoms. The van der Waals surface area contributed by atoms with Crippen molar-refractivity contribution in [2.24, 2.45) is 0 Å². The third-order valence-corrected chi connectivity index (χ3v) is 4.05. The van der Waals surface area contributed by atoms with Crippen LogP contribution in [0.4, 0.5) is 8.78 Å². The summed E-state index contributed by atoms with van der Waals surface area (Å²) in [6.45, 7) is 4.45. The van der Waals surface area contributed by atoms with Crippen LogP contribution < -0.4 is 0 Å². The quantitative estimate of drug-likeness (QED) is 0.808. The molecule has 23 heavy (non-hydrogen) atoms. The molecule has 0 N–H and O–H groups in total. The summed E-state index contributed by atoms with van der Waals surface area (Å²) in [6.07, 6.45) is -1.10. The van der Waals surface area contributed by atoms with E-state index in [4.69, 9.17) is 11.6 Å². The zero-order valence-corrected chi connectivity index (χ0v) is 13.9. The van der Waals surface area contributed by atoms with E-state index in [1.54, 1.807) is 24.9 Å². The minimum Gasteiger partial charge on any atom is -0.338 e. The second-order valence-electron chi connectivity index (χ2n) is 5.13. The molecule has 0 aromatic carbocycles. The summed E-state index contributed by atoms with van der Waals surface area (Å²) < 4.78 is 28.6. The van der Waals surface area contributed by atoms with Crippen molar-refractivity contribution in [3.8, 4) is 0 Å². The van der Waals surface area contributed by atoms with E-state index in [0.29, 0.717) is 18.8 Å². The molecule has 0 saturated carbocycles. The highest BCUT2D eigenvalue weighted by Gasteiger charge is 2.22. The van der Waals surface area contributed by atoms with Crippen LogP contribution in [-0.2, 0) is 24.4 Å². The summed E-state index contributed by atoms with van der Waals surface area (Å²) in [5.74, 6) is -0.253. The number of likely N-dealkylation sites (N-methyl/N-ethyl adjacent to an activating group) is 1. The second-order valence-corrected chi connectivity index (χ2v) is 5.51. The van der Waals surface area contributed by atoms with E-state index in [-0.39, 0.29) is 17.5 Å². The van der Waals surface area contributed by atoms with E-state index in [1.165, 1.54) is 9.58 Å². The van der Waals surface area contributed by atoms with Crippen molar-refractivity contribution in [2.75, 3.05) is 7.05 Å². The van der Waals surface area contributed by atoms with Gasteiger partial charge in [0, 0.05) is 19.8 Å². The standard InChI is InChI=1S/C14H18ClF2N5O/c1-4-21-10(5-6-18-21)7-20(3)11(23)8-22-9(2)12(15)13(19-22)14(16)17/h5-6,14H,4,7-8H2,1-3H3. The molecule has 1 amide bonds. The summed E-state index contributed by atoms with van der Waals surface area (Å²) >= 11 is 5.83. The highest BCUT2D eigenvalue weighted by Crippen LogP contribution is 2.28. The summed E-state index contributed by atoms with van der Waals surface area (Å²) in [5.41, 5.74) is 0.748. The van der Waals surface area contributed by atoms with E-state index in [2.05, 4.69) is 10.2 Å². The van der Waals surface area contributed by atoms with E-state index >= 15 is 0 Å². The largest absolute Gasteiger partial charge is 0.338 e. The van der Waals surface area contributed by atoms with Crippen LogP contribution >= 0.6 is 11.6 Å². The van der Waals surface area contributed by atoms with Gasteiger partial charge in [-0.05, 0) is 19.9 Å². The monoisotopic (exact) mass is 345 g/mol. The Labute approximate surface area is 137 Å². The van der Waals surface area contributed by atoms with E-state index in [0.717, 1.165) is 5.69 Å². The fourth-order valence-corrected chi connectivity index (χ4v) is 2.42. The molecule has 9 heteroatoms. The normalized spacial score (nSPS) is 11.3. The van der Waals surface area contributed by atoms with Crippen LogP contribution in [-0.4, -0.2) is 37.4 Å². The fraction of sp³-hybridized carbons (Fsp3) is 0.500. The Kier molecular flexibility index (Phi) is 5.35. The van der Waals surface area contributed by atoms with Gasteiger partial charge in [-0.3, -0.25) is 14.2 Å². The van der Waals surface area contributed by atoms with Crippen LogP contribution in [0.3, 0.4) is 0 Å². The van der Waals surface area contributed by atoms with Gasteiger partial charge in [-0.1, -0.05) is 11.6 Å². The Balaban J connectivity index is 2.08. The van der Waals surface area contributed by atoms with Crippen molar-refractivity contribution in [1.29, 1.82) is 0 Å². The predicted molar refractivity (Wildman–Crippen MR) is 81.3 cm³/mol. The average Bonchev–Trinajstić information content (AvgIpc) is 3.06. The number of aromatic nitrogens is 4. The molecule has 0 bridgehead atoms. The second kappa shape index (κ2) is 7.08. The van der Waals surface area contributed by atoms with Crippen molar-refractivity contribution in [3.63, 3.8) is 0 Å². The van der Waals surface area contributed by atoms with Gasteiger partial charge in [0.2, 0.25) is 5.91 Å². The van der Waals surface area contributed by atoms with Crippen LogP contribution in [0.15, 0.2) is 12.3 Å². The first-order valence-corrected chi connectivity index (χ1v) is 7.48. The molecule has 0 fully saturated rings. The lowest BCUT2D eigenvalue weighted by molar-refractivity contribution is -0.131. The highest BCUT2D eigenvalue weighted by atomic mass is 35.5. The van der Waals surface area contributed by atoms with E-state index in [1.807, 2.05) is 13.0 Å². The fourth-order valence-electron chi connectivity index (χ4n) is 2.20. The van der Waals surface area contributed by atoms with Crippen LogP contribution in [0, 0.1) is 6.92 Å². The molecule has 2 aromatic rings. The molecule has 0 radical (unpaired) electrons. The summed E-state index contributed by atoms with van der Waals surface area (Å²) in [5, 5.41) is 7.77. The van der Waals surface area contributed by atoms with Gasteiger partial charge in [0.1, 0.15) is 12.2 Å². The average molecular weight is 346 g/mol. The number of halogens is 3. The molecule has 2 aromatic heterocycles. The summed E-state index contributed by atoms with van der Waals surface area (Å²) in [6, 6.07) is 1.83. The molecule has 126 valence electrons. The number of hydrogen-bond acceptors (Lipinski definition) is 3. The molecule has 0 aliphatic heterocycles. The molecule has 0 aliphatic carbocycles. The number of carbonyl (C=O) groups is 1. The topological polar surface area (TPSA) is 56.0 Å². The zero-order chi connectivity index (χ0) is 17.1. The lowest BCUT2D eigenvalue weighted by Gasteiger charge is -2.18. The van der Waals surface area contributed by atoms with Crippen molar-refractivity contribution in [3.05, 3.63) is 34.4 Å². The molecule has 0 unspecified atom stereocenters. The first-order valence-electron chi connectivity index (χ1n) is 7.10. The van der Waals surface area contributed by atoms with Crippen LogP contribution in [0.5, 0.6) is 0 Å². The Bertz CT molecular complexity index is 697. The minimum absolute atomic E-state index is 0.0977. The number of hydrogen-bond donors (Lipinski definition) is 0. The molecule has 0 saturated heterocycles. The maximum atomic E-state index is 12.8. The van der Waals surface area contributed by atoms with Gasteiger partial charge in [0.25, 0.3) is 6.43 Å².